The third kappa shape index (κ3) is 3.66. The van der Waals surface area contributed by atoms with Crippen LogP contribution in [0.4, 0.5) is 11.4 Å². The molecule has 0 radical (unpaired) electrons. The fourth-order valence-corrected chi connectivity index (χ4v) is 4.88. The average molecular weight is 431 g/mol. The Bertz CT molecular complexity index is 1160. The molecule has 8 nitrogen and oxygen atoms in total. The van der Waals surface area contributed by atoms with Gasteiger partial charge in [0, 0.05) is 36.7 Å². The van der Waals surface area contributed by atoms with Gasteiger partial charge in [-0.3, -0.25) is 14.9 Å². The first kappa shape index (κ1) is 20.4. The Morgan fingerprint density at radius 1 is 0.969 bits per heavy atom. The van der Waals surface area contributed by atoms with Crippen molar-refractivity contribution in [3.05, 3.63) is 81.4 Å². The molecule has 1 unspecified atom stereocenters. The van der Waals surface area contributed by atoms with Crippen LogP contribution in [-0.2, 0) is 13.0 Å². The van der Waals surface area contributed by atoms with Gasteiger partial charge in [0.1, 0.15) is 11.5 Å². The molecule has 1 saturated heterocycles. The van der Waals surface area contributed by atoms with E-state index in [0.717, 1.165) is 56.7 Å². The third-order valence-electron chi connectivity index (χ3n) is 6.47. The Morgan fingerprint density at radius 2 is 1.78 bits per heavy atom. The largest absolute Gasteiger partial charge is 0.356 e. The second kappa shape index (κ2) is 8.53. The lowest BCUT2D eigenvalue weighted by molar-refractivity contribution is -0.384. The van der Waals surface area contributed by atoms with Gasteiger partial charge in [-0.2, -0.15) is 0 Å². The molecule has 0 amide bonds. The highest BCUT2D eigenvalue weighted by Gasteiger charge is 2.34. The summed E-state index contributed by atoms with van der Waals surface area (Å²) in [6, 6.07) is 13.6. The summed E-state index contributed by atoms with van der Waals surface area (Å²) in [7, 11) is 0. The number of piperidine rings is 1. The van der Waals surface area contributed by atoms with Crippen LogP contribution in [0.25, 0.3) is 0 Å². The lowest BCUT2D eigenvalue weighted by atomic mass is 9.97. The van der Waals surface area contributed by atoms with E-state index in [9.17, 15) is 14.9 Å². The van der Waals surface area contributed by atoms with E-state index in [2.05, 4.69) is 19.7 Å². The maximum absolute atomic E-state index is 12.9. The van der Waals surface area contributed by atoms with Crippen LogP contribution in [0.3, 0.4) is 0 Å². The van der Waals surface area contributed by atoms with Gasteiger partial charge < -0.3 is 9.47 Å². The highest BCUT2D eigenvalue weighted by molar-refractivity contribution is 6.09. The number of nitrogens with zero attached hydrogens (tertiary/aromatic N) is 5. The molecule has 2 aliphatic heterocycles. The van der Waals surface area contributed by atoms with Gasteiger partial charge >= 0.3 is 0 Å². The molecule has 8 heteroatoms. The molecule has 0 N–H and O–H groups in total. The van der Waals surface area contributed by atoms with Crippen LogP contribution >= 0.6 is 0 Å². The Balaban J connectivity index is 1.53. The number of ketones is 1. The summed E-state index contributed by atoms with van der Waals surface area (Å²) >= 11 is 0. The number of benzene rings is 2. The van der Waals surface area contributed by atoms with E-state index in [0.29, 0.717) is 23.4 Å². The molecule has 0 saturated carbocycles. The van der Waals surface area contributed by atoms with Crippen molar-refractivity contribution in [1.82, 2.24) is 14.8 Å². The molecule has 32 heavy (non-hydrogen) atoms. The number of aromatic nitrogens is 3. The lowest BCUT2D eigenvalue weighted by Gasteiger charge is -2.37. The predicted molar refractivity (Wildman–Crippen MR) is 120 cm³/mol. The zero-order valence-corrected chi connectivity index (χ0v) is 17.8. The molecule has 1 fully saturated rings. The van der Waals surface area contributed by atoms with Crippen LogP contribution < -0.4 is 4.90 Å². The monoisotopic (exact) mass is 431 g/mol. The van der Waals surface area contributed by atoms with Crippen LogP contribution in [0.15, 0.2) is 48.5 Å². The van der Waals surface area contributed by atoms with Gasteiger partial charge in [0.15, 0.2) is 11.6 Å². The van der Waals surface area contributed by atoms with Crippen LogP contribution in [0.1, 0.15) is 65.7 Å². The number of carbonyl (C=O) groups is 1. The van der Waals surface area contributed by atoms with Crippen molar-refractivity contribution in [3.63, 3.8) is 0 Å². The number of fused-ring (bicyclic) bond motifs is 1. The van der Waals surface area contributed by atoms with Crippen molar-refractivity contribution >= 4 is 17.2 Å². The predicted octanol–water partition coefficient (Wildman–Crippen LogP) is 4.49. The second-order valence-corrected chi connectivity index (χ2v) is 8.44. The highest BCUT2D eigenvalue weighted by atomic mass is 16.6. The molecule has 5 rings (SSSR count). The van der Waals surface area contributed by atoms with Crippen molar-refractivity contribution in [2.24, 2.45) is 0 Å². The molecule has 0 spiro atoms. The van der Waals surface area contributed by atoms with Crippen molar-refractivity contribution in [2.75, 3.05) is 11.4 Å². The molecule has 1 aromatic heterocycles. The van der Waals surface area contributed by atoms with Crippen molar-refractivity contribution in [2.45, 2.75) is 51.1 Å². The Morgan fingerprint density at radius 3 is 2.59 bits per heavy atom. The number of carbonyl (C=O) groups excluding carboxylic acids is 1. The van der Waals surface area contributed by atoms with Gasteiger partial charge in [-0.05, 0) is 44.2 Å². The lowest BCUT2D eigenvalue weighted by Crippen LogP contribution is -2.36. The van der Waals surface area contributed by atoms with Gasteiger partial charge in [-0.1, -0.05) is 30.3 Å². The fraction of sp³-hybridized carbons (Fsp3) is 0.375. The number of hydrogen-bond acceptors (Lipinski definition) is 6. The van der Waals surface area contributed by atoms with Gasteiger partial charge in [-0.25, -0.2) is 0 Å². The number of nitro groups is 1. The minimum atomic E-state index is -0.387. The topological polar surface area (TPSA) is 94.2 Å². The maximum atomic E-state index is 12.9. The number of hydrogen-bond donors (Lipinski definition) is 0. The van der Waals surface area contributed by atoms with Crippen molar-refractivity contribution < 1.29 is 9.72 Å². The van der Waals surface area contributed by atoms with Crippen molar-refractivity contribution in [1.29, 1.82) is 0 Å². The van der Waals surface area contributed by atoms with E-state index >= 15 is 0 Å². The van der Waals surface area contributed by atoms with E-state index < -0.39 is 0 Å². The zero-order chi connectivity index (χ0) is 22.1. The molecule has 0 aliphatic carbocycles. The van der Waals surface area contributed by atoms with Gasteiger partial charge in [-0.15, -0.1) is 10.2 Å². The van der Waals surface area contributed by atoms with E-state index in [1.54, 1.807) is 36.4 Å². The summed E-state index contributed by atoms with van der Waals surface area (Å²) in [5, 5.41) is 20.9. The number of rotatable bonds is 5. The minimum Gasteiger partial charge on any atom is -0.356 e. The fourth-order valence-electron chi connectivity index (χ4n) is 4.88. The first-order chi connectivity index (χ1) is 15.6. The zero-order valence-electron chi connectivity index (χ0n) is 17.8. The molecule has 3 aromatic rings. The molecule has 3 heterocycles. The minimum absolute atomic E-state index is 0.0444. The summed E-state index contributed by atoms with van der Waals surface area (Å²) in [6.07, 6.45) is 6.02. The molecular weight excluding hydrogens is 406 g/mol. The number of anilines is 1. The van der Waals surface area contributed by atoms with E-state index in [-0.39, 0.29) is 22.4 Å². The second-order valence-electron chi connectivity index (χ2n) is 8.44. The molecular formula is C24H25N5O3. The summed E-state index contributed by atoms with van der Waals surface area (Å²) in [5.41, 5.74) is 1.33. The van der Waals surface area contributed by atoms with E-state index in [1.807, 2.05) is 6.07 Å². The first-order valence-electron chi connectivity index (χ1n) is 11.2. The van der Waals surface area contributed by atoms with Gasteiger partial charge in [0.05, 0.1) is 11.0 Å². The first-order valence-corrected chi connectivity index (χ1v) is 11.2. The van der Waals surface area contributed by atoms with Gasteiger partial charge in [0.2, 0.25) is 0 Å². The number of aryl methyl sites for hydroxylation is 1. The molecule has 164 valence electrons. The van der Waals surface area contributed by atoms with Gasteiger partial charge in [0.25, 0.3) is 5.69 Å². The van der Waals surface area contributed by atoms with Crippen LogP contribution in [-0.4, -0.2) is 32.0 Å². The molecule has 1 atom stereocenters. The summed E-state index contributed by atoms with van der Waals surface area (Å²) < 4.78 is 2.20. The summed E-state index contributed by atoms with van der Waals surface area (Å²) in [4.78, 5) is 26.6. The van der Waals surface area contributed by atoms with E-state index in [4.69, 9.17) is 0 Å². The van der Waals surface area contributed by atoms with E-state index in [1.165, 1.54) is 6.07 Å². The Labute approximate surface area is 186 Å². The Kier molecular flexibility index (Phi) is 5.43. The normalized spacial score (nSPS) is 18.2. The van der Waals surface area contributed by atoms with Crippen LogP contribution in [0, 0.1) is 10.1 Å². The Hall–Kier alpha value is -3.55. The van der Waals surface area contributed by atoms with Crippen LogP contribution in [0.2, 0.25) is 0 Å². The standard InChI is InChI=1S/C24H25N5O3/c30-23(17-8-2-1-3-9-17)18-12-13-19(21(16-18)29(31)32)27-14-6-4-10-20(27)24-26-25-22-11-5-7-15-28(22)24/h1-3,8-9,12-13,16,20H,4-7,10-11,14-15H2. The molecule has 0 bridgehead atoms. The summed E-state index contributed by atoms with van der Waals surface area (Å²) in [5.74, 6) is 1.69. The average Bonchev–Trinajstić information content (AvgIpc) is 3.28. The summed E-state index contributed by atoms with van der Waals surface area (Å²) in [6.45, 7) is 1.61. The third-order valence-corrected chi connectivity index (χ3v) is 6.47. The smallest absolute Gasteiger partial charge is 0.293 e. The SMILES string of the molecule is O=C(c1ccccc1)c1ccc(N2CCCCC2c2nnc3n2CCCC3)c([N+](=O)[O-])c1. The quantitative estimate of drug-likeness (QED) is 0.336. The molecule has 2 aromatic carbocycles. The van der Waals surface area contributed by atoms with Crippen LogP contribution in [0.5, 0.6) is 0 Å². The van der Waals surface area contributed by atoms with Crippen molar-refractivity contribution in [3.8, 4) is 0 Å². The maximum Gasteiger partial charge on any atom is 0.293 e. The molecule has 2 aliphatic rings. The highest BCUT2D eigenvalue weighted by Crippen LogP contribution is 2.40. The number of nitro benzene ring substituents is 1.